The average molecular weight is 257 g/mol. The molecule has 0 unspecified atom stereocenters. The maximum atomic E-state index is 10.6. The third kappa shape index (κ3) is 2.89. The van der Waals surface area contributed by atoms with Crippen LogP contribution in [0.5, 0.6) is 0 Å². The van der Waals surface area contributed by atoms with Crippen molar-refractivity contribution in [3.8, 4) is 11.3 Å². The van der Waals surface area contributed by atoms with Crippen LogP contribution >= 0.6 is 0 Å². The highest BCUT2D eigenvalue weighted by atomic mass is 16.4. The molecule has 0 saturated carbocycles. The molecule has 0 bridgehead atoms. The first-order valence-corrected chi connectivity index (χ1v) is 5.84. The number of aromatic nitrogens is 2. The van der Waals surface area contributed by atoms with Gasteiger partial charge in [-0.15, -0.1) is 0 Å². The molecule has 0 aliphatic carbocycles. The van der Waals surface area contributed by atoms with Gasteiger partial charge in [0.15, 0.2) is 0 Å². The van der Waals surface area contributed by atoms with Crippen molar-refractivity contribution in [2.24, 2.45) is 12.8 Å². The number of benzene rings is 1. The van der Waals surface area contributed by atoms with E-state index in [0.717, 1.165) is 28.5 Å². The molecule has 98 valence electrons. The highest BCUT2D eigenvalue weighted by molar-refractivity contribution is 5.87. The lowest BCUT2D eigenvalue weighted by Crippen LogP contribution is -1.97. The summed E-state index contributed by atoms with van der Waals surface area (Å²) >= 11 is 0. The van der Waals surface area contributed by atoms with Crippen LogP contribution in [0.3, 0.4) is 0 Å². The second-order valence-corrected chi connectivity index (χ2v) is 4.14. The molecule has 2 aromatic rings. The van der Waals surface area contributed by atoms with Crippen molar-refractivity contribution in [1.29, 1.82) is 0 Å². The van der Waals surface area contributed by atoms with Crippen molar-refractivity contribution in [3.05, 3.63) is 47.7 Å². The number of hydrogen-bond donors (Lipinski definition) is 2. The van der Waals surface area contributed by atoms with Crippen LogP contribution < -0.4 is 5.73 Å². The number of carboxylic acid groups (broad SMARTS) is 1. The van der Waals surface area contributed by atoms with E-state index in [0.29, 0.717) is 6.54 Å². The van der Waals surface area contributed by atoms with Gasteiger partial charge in [-0.3, -0.25) is 4.68 Å². The van der Waals surface area contributed by atoms with Crippen LogP contribution in [-0.2, 0) is 18.4 Å². The minimum Gasteiger partial charge on any atom is -0.478 e. The second-order valence-electron chi connectivity index (χ2n) is 4.14. The molecular formula is C14H15N3O2. The Morgan fingerprint density at radius 3 is 2.68 bits per heavy atom. The van der Waals surface area contributed by atoms with Gasteiger partial charge in [-0.25, -0.2) is 4.79 Å². The van der Waals surface area contributed by atoms with E-state index >= 15 is 0 Å². The highest BCUT2D eigenvalue weighted by Crippen LogP contribution is 2.24. The number of hydrogen-bond acceptors (Lipinski definition) is 3. The predicted octanol–water partition coefficient (Wildman–Crippen LogP) is 1.64. The normalized spacial score (nSPS) is 11.1. The summed E-state index contributed by atoms with van der Waals surface area (Å²) in [5.41, 5.74) is 9.23. The number of carboxylic acids is 1. The molecule has 3 N–H and O–H groups in total. The van der Waals surface area contributed by atoms with Gasteiger partial charge in [0.1, 0.15) is 0 Å². The third-order valence-corrected chi connectivity index (χ3v) is 2.84. The van der Waals surface area contributed by atoms with E-state index in [-0.39, 0.29) is 0 Å². The fourth-order valence-electron chi connectivity index (χ4n) is 1.89. The van der Waals surface area contributed by atoms with Crippen LogP contribution in [-0.4, -0.2) is 20.9 Å². The molecule has 19 heavy (non-hydrogen) atoms. The lowest BCUT2D eigenvalue weighted by Gasteiger charge is -2.05. The quantitative estimate of drug-likeness (QED) is 0.816. The SMILES string of the molecule is Cn1ncc(C=CC(=O)O)c1-c1ccc(CN)cc1. The molecule has 0 aliphatic rings. The maximum Gasteiger partial charge on any atom is 0.328 e. The number of carbonyl (C=O) groups is 1. The van der Waals surface area contributed by atoms with Crippen molar-refractivity contribution >= 4 is 12.0 Å². The van der Waals surface area contributed by atoms with Gasteiger partial charge in [0.25, 0.3) is 0 Å². The lowest BCUT2D eigenvalue weighted by atomic mass is 10.1. The van der Waals surface area contributed by atoms with Crippen LogP contribution in [0.1, 0.15) is 11.1 Å². The van der Waals surface area contributed by atoms with Crippen molar-refractivity contribution in [2.45, 2.75) is 6.54 Å². The standard InChI is InChI=1S/C14H15N3O2/c1-17-14(11-4-2-10(8-15)3-5-11)12(9-16-17)6-7-13(18)19/h2-7,9H,8,15H2,1H3,(H,18,19). The summed E-state index contributed by atoms with van der Waals surface area (Å²) in [6.45, 7) is 0.497. The van der Waals surface area contributed by atoms with Crippen molar-refractivity contribution in [1.82, 2.24) is 9.78 Å². The zero-order valence-corrected chi connectivity index (χ0v) is 10.6. The van der Waals surface area contributed by atoms with Gasteiger partial charge in [-0.05, 0) is 11.6 Å². The Morgan fingerprint density at radius 1 is 1.42 bits per heavy atom. The summed E-state index contributed by atoms with van der Waals surface area (Å²) in [6, 6.07) is 7.81. The summed E-state index contributed by atoms with van der Waals surface area (Å²) in [5, 5.41) is 12.8. The fraction of sp³-hybridized carbons (Fsp3) is 0.143. The van der Waals surface area contributed by atoms with E-state index < -0.39 is 5.97 Å². The molecule has 0 aliphatic heterocycles. The van der Waals surface area contributed by atoms with Gasteiger partial charge in [0, 0.05) is 30.8 Å². The lowest BCUT2D eigenvalue weighted by molar-refractivity contribution is -0.131. The first-order valence-electron chi connectivity index (χ1n) is 5.84. The minimum atomic E-state index is -0.978. The monoisotopic (exact) mass is 257 g/mol. The summed E-state index contributed by atoms with van der Waals surface area (Å²) in [4.78, 5) is 10.6. The van der Waals surface area contributed by atoms with Crippen LogP contribution in [0.15, 0.2) is 36.5 Å². The smallest absolute Gasteiger partial charge is 0.328 e. The molecule has 1 heterocycles. The van der Waals surface area contributed by atoms with Crippen LogP contribution in [0.2, 0.25) is 0 Å². The molecule has 0 amide bonds. The number of rotatable bonds is 4. The first kappa shape index (κ1) is 13.0. The zero-order chi connectivity index (χ0) is 13.8. The number of aliphatic carboxylic acids is 1. The maximum absolute atomic E-state index is 10.6. The molecule has 0 spiro atoms. The van der Waals surface area contributed by atoms with Crippen molar-refractivity contribution < 1.29 is 9.90 Å². The molecule has 1 aromatic carbocycles. The Balaban J connectivity index is 2.42. The van der Waals surface area contributed by atoms with Gasteiger partial charge in [-0.1, -0.05) is 24.3 Å². The molecule has 5 heteroatoms. The average Bonchev–Trinajstić information content (AvgIpc) is 2.78. The Kier molecular flexibility index (Phi) is 3.77. The van der Waals surface area contributed by atoms with Gasteiger partial charge in [-0.2, -0.15) is 5.10 Å². The van der Waals surface area contributed by atoms with Crippen LogP contribution in [0, 0.1) is 0 Å². The van der Waals surface area contributed by atoms with E-state index in [9.17, 15) is 4.79 Å². The van der Waals surface area contributed by atoms with E-state index in [1.807, 2.05) is 31.3 Å². The topological polar surface area (TPSA) is 81.1 Å². The molecule has 0 atom stereocenters. The molecule has 0 radical (unpaired) electrons. The summed E-state index contributed by atoms with van der Waals surface area (Å²) in [7, 11) is 1.82. The van der Waals surface area contributed by atoms with Crippen molar-refractivity contribution in [2.75, 3.05) is 0 Å². The number of nitrogens with two attached hydrogens (primary N) is 1. The van der Waals surface area contributed by atoms with E-state index in [4.69, 9.17) is 10.8 Å². The zero-order valence-electron chi connectivity index (χ0n) is 10.6. The molecule has 1 aromatic heterocycles. The van der Waals surface area contributed by atoms with Gasteiger partial charge in [0.05, 0.1) is 11.9 Å². The first-order chi connectivity index (χ1) is 9.11. The molecular weight excluding hydrogens is 242 g/mol. The van der Waals surface area contributed by atoms with Gasteiger partial charge < -0.3 is 10.8 Å². The molecule has 2 rings (SSSR count). The largest absolute Gasteiger partial charge is 0.478 e. The Bertz CT molecular complexity index is 612. The predicted molar refractivity (Wildman–Crippen MR) is 73.2 cm³/mol. The summed E-state index contributed by atoms with van der Waals surface area (Å²) in [5.74, 6) is -0.978. The van der Waals surface area contributed by atoms with Crippen LogP contribution in [0.4, 0.5) is 0 Å². The third-order valence-electron chi connectivity index (χ3n) is 2.84. The minimum absolute atomic E-state index is 0.497. The molecule has 0 fully saturated rings. The Hall–Kier alpha value is -2.40. The van der Waals surface area contributed by atoms with E-state index in [1.54, 1.807) is 17.0 Å². The fourth-order valence-corrected chi connectivity index (χ4v) is 1.89. The molecule has 5 nitrogen and oxygen atoms in total. The van der Waals surface area contributed by atoms with E-state index in [1.165, 1.54) is 0 Å². The Morgan fingerprint density at radius 2 is 2.11 bits per heavy atom. The van der Waals surface area contributed by atoms with Gasteiger partial charge >= 0.3 is 5.97 Å². The van der Waals surface area contributed by atoms with E-state index in [2.05, 4.69) is 5.10 Å². The van der Waals surface area contributed by atoms with Gasteiger partial charge in [0.2, 0.25) is 0 Å². The Labute approximate surface area is 111 Å². The summed E-state index contributed by atoms with van der Waals surface area (Å²) in [6.07, 6.45) is 4.29. The molecule has 0 saturated heterocycles. The number of nitrogens with zero attached hydrogens (tertiary/aromatic N) is 2. The highest BCUT2D eigenvalue weighted by Gasteiger charge is 2.09. The summed E-state index contributed by atoms with van der Waals surface area (Å²) < 4.78 is 1.72. The van der Waals surface area contributed by atoms with Crippen LogP contribution in [0.25, 0.3) is 17.3 Å². The second kappa shape index (κ2) is 5.49. The van der Waals surface area contributed by atoms with Crippen molar-refractivity contribution in [3.63, 3.8) is 0 Å². The number of aryl methyl sites for hydroxylation is 1.